The molecule has 1 aliphatic heterocycles. The molecule has 1 atom stereocenters. The summed E-state index contributed by atoms with van der Waals surface area (Å²) in [6.45, 7) is 4.45. The predicted octanol–water partition coefficient (Wildman–Crippen LogP) is 2.82. The van der Waals surface area contributed by atoms with Gasteiger partial charge in [-0.3, -0.25) is 4.31 Å². The molecule has 0 bridgehead atoms. The van der Waals surface area contributed by atoms with Crippen molar-refractivity contribution in [3.05, 3.63) is 59.4 Å². The Kier molecular flexibility index (Phi) is 4.12. The van der Waals surface area contributed by atoms with Crippen LogP contribution in [0.1, 0.15) is 18.1 Å². The summed E-state index contributed by atoms with van der Waals surface area (Å²) >= 11 is 0. The summed E-state index contributed by atoms with van der Waals surface area (Å²) in [4.78, 5) is -0.0236. The first-order valence-electron chi connectivity index (χ1n) is 7.50. The fourth-order valence-corrected chi connectivity index (χ4v) is 4.29. The van der Waals surface area contributed by atoms with Gasteiger partial charge in [0.05, 0.1) is 10.6 Å². The van der Waals surface area contributed by atoms with Crippen LogP contribution < -0.4 is 9.62 Å². The summed E-state index contributed by atoms with van der Waals surface area (Å²) < 4.78 is 41.3. The number of anilines is 1. The van der Waals surface area contributed by atoms with Gasteiger partial charge in [-0.1, -0.05) is 24.3 Å². The third kappa shape index (κ3) is 2.96. The molecule has 0 saturated carbocycles. The summed E-state index contributed by atoms with van der Waals surface area (Å²) in [6.07, 6.45) is 0. The molecule has 1 N–H and O–H groups in total. The first kappa shape index (κ1) is 16.0. The van der Waals surface area contributed by atoms with Gasteiger partial charge in [0, 0.05) is 19.1 Å². The molecular formula is C17H19FN2O2S. The topological polar surface area (TPSA) is 49.4 Å². The standard InChI is InChI=1S/C17H19FN2O2S/c1-12-7-8-15(9-16(12)18)23(21,22)20-11-13(2)19-10-14-5-3-4-6-17(14)20/h3-9,13,19H,10-11H2,1-2H3. The third-order valence-electron chi connectivity index (χ3n) is 4.07. The minimum absolute atomic E-state index is 0.00697. The van der Waals surface area contributed by atoms with E-state index in [1.165, 1.54) is 16.4 Å². The molecule has 1 heterocycles. The van der Waals surface area contributed by atoms with E-state index in [9.17, 15) is 12.8 Å². The van der Waals surface area contributed by atoms with Crippen LogP contribution in [0.2, 0.25) is 0 Å². The Morgan fingerprint density at radius 2 is 1.96 bits per heavy atom. The van der Waals surface area contributed by atoms with Crippen LogP contribution in [0.15, 0.2) is 47.4 Å². The molecule has 0 aromatic heterocycles. The molecular weight excluding hydrogens is 315 g/mol. The van der Waals surface area contributed by atoms with E-state index in [-0.39, 0.29) is 10.9 Å². The minimum Gasteiger partial charge on any atom is -0.308 e. The van der Waals surface area contributed by atoms with Crippen LogP contribution in [-0.2, 0) is 16.6 Å². The Morgan fingerprint density at radius 1 is 1.22 bits per heavy atom. The molecule has 0 spiro atoms. The van der Waals surface area contributed by atoms with Crippen LogP contribution in [0.5, 0.6) is 0 Å². The van der Waals surface area contributed by atoms with Crippen molar-refractivity contribution in [1.29, 1.82) is 0 Å². The minimum atomic E-state index is -3.82. The maximum absolute atomic E-state index is 13.8. The lowest BCUT2D eigenvalue weighted by molar-refractivity contribution is 0.555. The molecule has 1 aliphatic rings. The Labute approximate surface area is 136 Å². The van der Waals surface area contributed by atoms with Crippen LogP contribution in [-0.4, -0.2) is 21.0 Å². The Morgan fingerprint density at radius 3 is 2.70 bits per heavy atom. The number of fused-ring (bicyclic) bond motifs is 1. The fourth-order valence-electron chi connectivity index (χ4n) is 2.69. The van der Waals surface area contributed by atoms with Crippen molar-refractivity contribution >= 4 is 15.7 Å². The zero-order chi connectivity index (χ0) is 16.6. The van der Waals surface area contributed by atoms with Crippen LogP contribution in [0.25, 0.3) is 0 Å². The molecule has 2 aromatic carbocycles. The number of hydrogen-bond donors (Lipinski definition) is 1. The van der Waals surface area contributed by atoms with Gasteiger partial charge in [-0.25, -0.2) is 12.8 Å². The molecule has 4 nitrogen and oxygen atoms in total. The van der Waals surface area contributed by atoms with Crippen molar-refractivity contribution in [2.45, 2.75) is 31.3 Å². The molecule has 3 rings (SSSR count). The number of sulfonamides is 1. The van der Waals surface area contributed by atoms with Gasteiger partial charge >= 0.3 is 0 Å². The van der Waals surface area contributed by atoms with Crippen LogP contribution in [0.4, 0.5) is 10.1 Å². The van der Waals surface area contributed by atoms with E-state index in [0.717, 1.165) is 11.6 Å². The summed E-state index contributed by atoms with van der Waals surface area (Å²) in [6, 6.07) is 11.4. The normalized spacial score (nSPS) is 18.4. The summed E-state index contributed by atoms with van der Waals surface area (Å²) in [5.41, 5.74) is 1.98. The van der Waals surface area contributed by atoms with Gasteiger partial charge < -0.3 is 5.32 Å². The molecule has 0 amide bonds. The fraction of sp³-hybridized carbons (Fsp3) is 0.294. The van der Waals surface area contributed by atoms with Crippen molar-refractivity contribution < 1.29 is 12.8 Å². The highest BCUT2D eigenvalue weighted by Crippen LogP contribution is 2.29. The van der Waals surface area contributed by atoms with Gasteiger partial charge in [0.15, 0.2) is 0 Å². The van der Waals surface area contributed by atoms with Crippen LogP contribution in [0, 0.1) is 12.7 Å². The molecule has 122 valence electrons. The highest BCUT2D eigenvalue weighted by molar-refractivity contribution is 7.92. The van der Waals surface area contributed by atoms with Gasteiger partial charge in [-0.15, -0.1) is 0 Å². The number of hydrogen-bond acceptors (Lipinski definition) is 3. The summed E-state index contributed by atoms with van der Waals surface area (Å²) in [7, 11) is -3.82. The SMILES string of the molecule is Cc1ccc(S(=O)(=O)N2CC(C)NCc3ccccc32)cc1F. The molecule has 0 saturated heterocycles. The monoisotopic (exact) mass is 334 g/mol. The quantitative estimate of drug-likeness (QED) is 0.919. The lowest BCUT2D eigenvalue weighted by Crippen LogP contribution is -2.39. The van der Waals surface area contributed by atoms with E-state index >= 15 is 0 Å². The second-order valence-corrected chi connectivity index (χ2v) is 7.72. The van der Waals surface area contributed by atoms with E-state index in [1.807, 2.05) is 25.1 Å². The molecule has 0 radical (unpaired) electrons. The second kappa shape index (κ2) is 5.94. The zero-order valence-electron chi connectivity index (χ0n) is 13.1. The smallest absolute Gasteiger partial charge is 0.264 e. The molecule has 23 heavy (non-hydrogen) atoms. The van der Waals surface area contributed by atoms with Gasteiger partial charge in [-0.05, 0) is 43.2 Å². The number of rotatable bonds is 2. The highest BCUT2D eigenvalue weighted by Gasteiger charge is 2.30. The lowest BCUT2D eigenvalue weighted by atomic mass is 10.2. The average Bonchev–Trinajstić information content (AvgIpc) is 2.70. The third-order valence-corrected chi connectivity index (χ3v) is 5.85. The second-order valence-electron chi connectivity index (χ2n) is 5.86. The van der Waals surface area contributed by atoms with Gasteiger partial charge in [0.1, 0.15) is 5.82 Å². The molecule has 1 unspecified atom stereocenters. The van der Waals surface area contributed by atoms with E-state index < -0.39 is 15.8 Å². The first-order chi connectivity index (χ1) is 10.9. The first-order valence-corrected chi connectivity index (χ1v) is 8.94. The van der Waals surface area contributed by atoms with Gasteiger partial charge in [0.25, 0.3) is 10.0 Å². The Balaban J connectivity index is 2.12. The highest BCUT2D eigenvalue weighted by atomic mass is 32.2. The Bertz CT molecular complexity index is 836. The molecule has 0 aliphatic carbocycles. The number of nitrogens with zero attached hydrogens (tertiary/aromatic N) is 1. The number of benzene rings is 2. The van der Waals surface area contributed by atoms with Crippen molar-refractivity contribution in [3.63, 3.8) is 0 Å². The van der Waals surface area contributed by atoms with Crippen molar-refractivity contribution in [2.24, 2.45) is 0 Å². The van der Waals surface area contributed by atoms with E-state index in [1.54, 1.807) is 13.0 Å². The van der Waals surface area contributed by atoms with Crippen LogP contribution >= 0.6 is 0 Å². The predicted molar refractivity (Wildman–Crippen MR) is 88.4 cm³/mol. The van der Waals surface area contributed by atoms with E-state index in [4.69, 9.17) is 0 Å². The van der Waals surface area contributed by atoms with Crippen molar-refractivity contribution in [3.8, 4) is 0 Å². The Hall–Kier alpha value is -1.92. The average molecular weight is 334 g/mol. The number of halogens is 1. The summed E-state index contributed by atoms with van der Waals surface area (Å²) in [5.74, 6) is -0.514. The van der Waals surface area contributed by atoms with Gasteiger partial charge in [-0.2, -0.15) is 0 Å². The molecule has 2 aromatic rings. The molecule has 6 heteroatoms. The molecule has 0 fully saturated rings. The maximum Gasteiger partial charge on any atom is 0.264 e. The van der Waals surface area contributed by atoms with E-state index in [0.29, 0.717) is 24.3 Å². The number of aryl methyl sites for hydroxylation is 1. The lowest BCUT2D eigenvalue weighted by Gasteiger charge is -2.26. The number of nitrogens with one attached hydrogen (secondary N) is 1. The zero-order valence-corrected chi connectivity index (χ0v) is 13.9. The summed E-state index contributed by atoms with van der Waals surface area (Å²) in [5, 5.41) is 3.29. The largest absolute Gasteiger partial charge is 0.308 e. The van der Waals surface area contributed by atoms with E-state index in [2.05, 4.69) is 5.32 Å². The van der Waals surface area contributed by atoms with Crippen molar-refractivity contribution in [1.82, 2.24) is 5.32 Å². The van der Waals surface area contributed by atoms with Crippen LogP contribution in [0.3, 0.4) is 0 Å². The maximum atomic E-state index is 13.8. The van der Waals surface area contributed by atoms with Crippen molar-refractivity contribution in [2.75, 3.05) is 10.8 Å². The number of para-hydroxylation sites is 1. The van der Waals surface area contributed by atoms with Gasteiger partial charge in [0.2, 0.25) is 0 Å².